The molecular weight excluding hydrogens is 350 g/mol. The van der Waals surface area contributed by atoms with Crippen LogP contribution in [-0.2, 0) is 0 Å². The highest BCUT2D eigenvalue weighted by Gasteiger charge is 2.16. The van der Waals surface area contributed by atoms with E-state index in [-0.39, 0.29) is 10.3 Å². The van der Waals surface area contributed by atoms with E-state index in [1.165, 1.54) is 17.4 Å². The van der Waals surface area contributed by atoms with E-state index in [9.17, 15) is 8.78 Å². The number of nitrogens with zero attached hydrogens (tertiary/aromatic N) is 2. The highest BCUT2D eigenvalue weighted by Crippen LogP contribution is 2.33. The minimum atomic E-state index is -0.973. The van der Waals surface area contributed by atoms with Gasteiger partial charge < -0.3 is 5.43 Å². The second kappa shape index (κ2) is 5.04. The Morgan fingerprint density at radius 2 is 2.00 bits per heavy atom. The van der Waals surface area contributed by atoms with Gasteiger partial charge >= 0.3 is 0 Å². The van der Waals surface area contributed by atoms with E-state index < -0.39 is 11.6 Å². The molecule has 1 aromatic carbocycles. The van der Waals surface area contributed by atoms with Crippen LogP contribution in [0.1, 0.15) is 0 Å². The topological polar surface area (TPSA) is 63.8 Å². The number of benzene rings is 1. The fourth-order valence-corrected chi connectivity index (χ4v) is 3.05. The van der Waals surface area contributed by atoms with Crippen LogP contribution >= 0.6 is 27.3 Å². The van der Waals surface area contributed by atoms with Crippen molar-refractivity contribution in [2.75, 3.05) is 5.43 Å². The summed E-state index contributed by atoms with van der Waals surface area (Å²) in [6.45, 7) is 0. The number of nitrogens with one attached hydrogen (secondary N) is 1. The first-order valence-electron chi connectivity index (χ1n) is 5.47. The average molecular weight is 357 g/mol. The maximum Gasteiger partial charge on any atom is 0.173 e. The van der Waals surface area contributed by atoms with E-state index in [4.69, 9.17) is 5.84 Å². The van der Waals surface area contributed by atoms with Crippen molar-refractivity contribution in [2.45, 2.75) is 0 Å². The summed E-state index contributed by atoms with van der Waals surface area (Å²) >= 11 is 4.43. The first kappa shape index (κ1) is 13.3. The molecule has 3 N–H and O–H groups in total. The first-order chi connectivity index (χ1) is 9.61. The molecule has 0 atom stereocenters. The van der Waals surface area contributed by atoms with Gasteiger partial charge in [-0.3, -0.25) is 0 Å². The standard InChI is InChI=1S/C12H7BrF2N4S/c13-8-5(1-2-7(14)9(8)15)10-17-11(19-16)6-3-4-20-12(6)18-10/h1-4H,16H2,(H,17,18,19). The van der Waals surface area contributed by atoms with Gasteiger partial charge in [-0.05, 0) is 39.5 Å². The zero-order valence-corrected chi connectivity index (χ0v) is 12.2. The largest absolute Gasteiger partial charge is 0.308 e. The summed E-state index contributed by atoms with van der Waals surface area (Å²) in [6.07, 6.45) is 0. The maximum absolute atomic E-state index is 13.6. The molecule has 0 aliphatic rings. The van der Waals surface area contributed by atoms with E-state index in [0.29, 0.717) is 16.2 Å². The number of rotatable bonds is 2. The Kier molecular flexibility index (Phi) is 3.36. The third-order valence-corrected chi connectivity index (χ3v) is 4.32. The number of nitrogens with two attached hydrogens (primary N) is 1. The first-order valence-corrected chi connectivity index (χ1v) is 7.15. The fraction of sp³-hybridized carbons (Fsp3) is 0. The second-order valence-corrected chi connectivity index (χ2v) is 5.59. The van der Waals surface area contributed by atoms with Gasteiger partial charge in [0.05, 0.1) is 9.86 Å². The quantitative estimate of drug-likeness (QED) is 0.417. The van der Waals surface area contributed by atoms with Gasteiger partial charge in [0, 0.05) is 5.56 Å². The van der Waals surface area contributed by atoms with Crippen molar-refractivity contribution in [1.29, 1.82) is 0 Å². The van der Waals surface area contributed by atoms with Crippen LogP contribution < -0.4 is 11.3 Å². The highest BCUT2D eigenvalue weighted by molar-refractivity contribution is 9.10. The Morgan fingerprint density at radius 1 is 1.20 bits per heavy atom. The summed E-state index contributed by atoms with van der Waals surface area (Å²) in [7, 11) is 0. The molecule has 0 saturated heterocycles. The summed E-state index contributed by atoms with van der Waals surface area (Å²) in [4.78, 5) is 9.28. The summed E-state index contributed by atoms with van der Waals surface area (Å²) in [5, 5.41) is 2.63. The van der Waals surface area contributed by atoms with Crippen molar-refractivity contribution in [3.63, 3.8) is 0 Å². The lowest BCUT2D eigenvalue weighted by atomic mass is 10.2. The van der Waals surface area contributed by atoms with Gasteiger partial charge in [0.25, 0.3) is 0 Å². The summed E-state index contributed by atoms with van der Waals surface area (Å²) in [5.74, 6) is 4.22. The Balaban J connectivity index is 2.27. The average Bonchev–Trinajstić information content (AvgIpc) is 2.92. The molecule has 4 nitrogen and oxygen atoms in total. The number of thiophene rings is 1. The van der Waals surface area contributed by atoms with Crippen LogP contribution in [0.15, 0.2) is 28.1 Å². The van der Waals surface area contributed by atoms with Crippen LogP contribution in [-0.4, -0.2) is 9.97 Å². The SMILES string of the molecule is NNc1nc(-c2ccc(F)c(F)c2Br)nc2sccc12. The zero-order chi connectivity index (χ0) is 14.3. The lowest BCUT2D eigenvalue weighted by Crippen LogP contribution is -2.10. The van der Waals surface area contributed by atoms with Crippen molar-refractivity contribution in [2.24, 2.45) is 5.84 Å². The minimum absolute atomic E-state index is 0.0172. The number of aromatic nitrogens is 2. The lowest BCUT2D eigenvalue weighted by Gasteiger charge is -2.07. The number of fused-ring (bicyclic) bond motifs is 1. The molecule has 0 aliphatic carbocycles. The maximum atomic E-state index is 13.6. The lowest BCUT2D eigenvalue weighted by molar-refractivity contribution is 0.504. The van der Waals surface area contributed by atoms with Gasteiger partial charge in [0.2, 0.25) is 0 Å². The Hall–Kier alpha value is -1.64. The Labute approximate surface area is 124 Å². The molecule has 0 radical (unpaired) electrons. The van der Waals surface area contributed by atoms with E-state index in [1.807, 2.05) is 11.4 Å². The van der Waals surface area contributed by atoms with E-state index in [2.05, 4.69) is 31.3 Å². The van der Waals surface area contributed by atoms with Crippen LogP contribution in [0.25, 0.3) is 21.6 Å². The normalized spacial score (nSPS) is 11.0. The van der Waals surface area contributed by atoms with Crippen LogP contribution in [0.3, 0.4) is 0 Å². The number of anilines is 1. The number of nitrogen functional groups attached to an aromatic ring is 1. The highest BCUT2D eigenvalue weighted by atomic mass is 79.9. The summed E-state index contributed by atoms with van der Waals surface area (Å²) < 4.78 is 26.7. The zero-order valence-electron chi connectivity index (χ0n) is 9.82. The number of hydrogen-bond donors (Lipinski definition) is 2. The molecule has 8 heteroatoms. The van der Waals surface area contributed by atoms with Crippen molar-refractivity contribution < 1.29 is 8.78 Å². The minimum Gasteiger partial charge on any atom is -0.308 e. The van der Waals surface area contributed by atoms with Crippen LogP contribution in [0, 0.1) is 11.6 Å². The molecule has 20 heavy (non-hydrogen) atoms. The second-order valence-electron chi connectivity index (χ2n) is 3.90. The van der Waals surface area contributed by atoms with Gasteiger partial charge in [-0.25, -0.2) is 24.6 Å². The van der Waals surface area contributed by atoms with Gasteiger partial charge in [-0.2, -0.15) is 0 Å². The number of hydrogen-bond acceptors (Lipinski definition) is 5. The molecule has 0 aliphatic heterocycles. The molecule has 102 valence electrons. The monoisotopic (exact) mass is 356 g/mol. The smallest absolute Gasteiger partial charge is 0.173 e. The number of halogens is 3. The van der Waals surface area contributed by atoms with E-state index >= 15 is 0 Å². The van der Waals surface area contributed by atoms with Crippen molar-refractivity contribution in [3.8, 4) is 11.4 Å². The fourth-order valence-electron chi connectivity index (χ4n) is 1.78. The summed E-state index contributed by atoms with van der Waals surface area (Å²) in [6, 6.07) is 4.28. The van der Waals surface area contributed by atoms with Crippen LogP contribution in [0.2, 0.25) is 0 Å². The molecule has 0 bridgehead atoms. The van der Waals surface area contributed by atoms with Gasteiger partial charge in [0.15, 0.2) is 23.3 Å². The Morgan fingerprint density at radius 3 is 2.75 bits per heavy atom. The predicted octanol–water partition coefficient (Wildman–Crippen LogP) is 3.68. The summed E-state index contributed by atoms with van der Waals surface area (Å²) in [5.41, 5.74) is 2.84. The molecule has 0 unspecified atom stereocenters. The molecule has 3 aromatic rings. The molecular formula is C12H7BrF2N4S. The molecule has 0 amide bonds. The van der Waals surface area contributed by atoms with Crippen molar-refractivity contribution >= 4 is 43.3 Å². The van der Waals surface area contributed by atoms with Crippen molar-refractivity contribution in [3.05, 3.63) is 39.7 Å². The van der Waals surface area contributed by atoms with E-state index in [1.54, 1.807) is 0 Å². The van der Waals surface area contributed by atoms with Gasteiger partial charge in [-0.1, -0.05) is 0 Å². The van der Waals surface area contributed by atoms with Crippen LogP contribution in [0.5, 0.6) is 0 Å². The van der Waals surface area contributed by atoms with Gasteiger partial charge in [0.1, 0.15) is 4.83 Å². The van der Waals surface area contributed by atoms with Crippen LogP contribution in [0.4, 0.5) is 14.6 Å². The predicted molar refractivity (Wildman–Crippen MR) is 78.3 cm³/mol. The number of hydrazine groups is 1. The molecule has 2 aromatic heterocycles. The van der Waals surface area contributed by atoms with Gasteiger partial charge in [-0.15, -0.1) is 11.3 Å². The molecule has 3 rings (SSSR count). The molecule has 0 fully saturated rings. The molecule has 0 spiro atoms. The molecule has 0 saturated carbocycles. The Bertz CT molecular complexity index is 805. The van der Waals surface area contributed by atoms with E-state index in [0.717, 1.165) is 11.5 Å². The third-order valence-electron chi connectivity index (χ3n) is 2.74. The molecule has 2 heterocycles. The van der Waals surface area contributed by atoms with Crippen molar-refractivity contribution in [1.82, 2.24) is 9.97 Å². The third kappa shape index (κ3) is 2.05.